The average molecular weight is 337 g/mol. The molecule has 0 spiro atoms. The third kappa shape index (κ3) is 4.52. The number of ether oxygens (including phenoxy) is 1. The Kier molecular flexibility index (Phi) is 6.02. The maximum Gasteiger partial charge on any atom is 0.224 e. The van der Waals surface area contributed by atoms with Gasteiger partial charge in [-0.25, -0.2) is 4.98 Å². The fourth-order valence-corrected chi connectivity index (χ4v) is 4.32. The summed E-state index contributed by atoms with van der Waals surface area (Å²) in [6, 6.07) is 0.602. The Balaban J connectivity index is 1.48. The molecule has 2 aliphatic heterocycles. The third-order valence-corrected chi connectivity index (χ3v) is 5.80. The maximum absolute atomic E-state index is 12.5. The van der Waals surface area contributed by atoms with E-state index in [1.807, 2.05) is 0 Å². The van der Waals surface area contributed by atoms with Crippen molar-refractivity contribution in [1.82, 2.24) is 15.2 Å². The van der Waals surface area contributed by atoms with Crippen molar-refractivity contribution in [3.63, 3.8) is 0 Å². The molecule has 3 heterocycles. The molecule has 2 aliphatic rings. The molecule has 0 saturated carbocycles. The van der Waals surface area contributed by atoms with E-state index in [0.717, 1.165) is 69.1 Å². The number of hydrogen-bond acceptors (Lipinski definition) is 5. The minimum Gasteiger partial charge on any atom is -0.381 e. The van der Waals surface area contributed by atoms with Crippen molar-refractivity contribution in [2.24, 2.45) is 5.92 Å². The SMILES string of the molecule is CCc1csc(CNC(=O)[C@@H]2CCCN(C3CCOCC3)C2)n1. The molecule has 23 heavy (non-hydrogen) atoms. The van der Waals surface area contributed by atoms with Gasteiger partial charge < -0.3 is 10.1 Å². The summed E-state index contributed by atoms with van der Waals surface area (Å²) in [5.41, 5.74) is 1.11. The molecule has 0 aliphatic carbocycles. The minimum atomic E-state index is 0.122. The standard InChI is InChI=1S/C17H27N3O2S/c1-2-14-12-23-16(19-14)10-18-17(21)13-4-3-7-20(11-13)15-5-8-22-9-6-15/h12-13,15H,2-11H2,1H3,(H,18,21)/t13-/m1/s1. The molecule has 0 radical (unpaired) electrons. The van der Waals surface area contributed by atoms with Crippen molar-refractivity contribution in [1.29, 1.82) is 0 Å². The highest BCUT2D eigenvalue weighted by Crippen LogP contribution is 2.23. The van der Waals surface area contributed by atoms with Crippen LogP contribution in [0.4, 0.5) is 0 Å². The molecule has 1 atom stereocenters. The summed E-state index contributed by atoms with van der Waals surface area (Å²) >= 11 is 1.64. The molecule has 1 aromatic rings. The van der Waals surface area contributed by atoms with Crippen molar-refractivity contribution in [2.45, 2.75) is 51.6 Å². The first-order chi connectivity index (χ1) is 11.3. The normalized spacial score (nSPS) is 23.8. The van der Waals surface area contributed by atoms with Gasteiger partial charge in [0.15, 0.2) is 0 Å². The van der Waals surface area contributed by atoms with Crippen LogP contribution in [0, 0.1) is 5.92 Å². The van der Waals surface area contributed by atoms with Gasteiger partial charge in [-0.2, -0.15) is 0 Å². The average Bonchev–Trinajstić information content (AvgIpc) is 3.09. The van der Waals surface area contributed by atoms with Crippen molar-refractivity contribution in [3.05, 3.63) is 16.1 Å². The Bertz CT molecular complexity index is 514. The first kappa shape index (κ1) is 16.9. The third-order valence-electron chi connectivity index (χ3n) is 4.91. The van der Waals surface area contributed by atoms with Crippen molar-refractivity contribution in [2.75, 3.05) is 26.3 Å². The molecule has 1 aromatic heterocycles. The lowest BCUT2D eigenvalue weighted by atomic mass is 9.94. The lowest BCUT2D eigenvalue weighted by Gasteiger charge is -2.39. The van der Waals surface area contributed by atoms with Gasteiger partial charge in [-0.15, -0.1) is 11.3 Å². The molecule has 0 unspecified atom stereocenters. The van der Waals surface area contributed by atoms with Crippen LogP contribution in [0.1, 0.15) is 43.3 Å². The zero-order chi connectivity index (χ0) is 16.1. The first-order valence-electron chi connectivity index (χ1n) is 8.79. The number of hydrogen-bond donors (Lipinski definition) is 1. The largest absolute Gasteiger partial charge is 0.381 e. The van der Waals surface area contributed by atoms with Crippen LogP contribution in [0.15, 0.2) is 5.38 Å². The number of carbonyl (C=O) groups is 1. The summed E-state index contributed by atoms with van der Waals surface area (Å²) < 4.78 is 5.45. The van der Waals surface area contributed by atoms with Gasteiger partial charge in [0.2, 0.25) is 5.91 Å². The van der Waals surface area contributed by atoms with Crippen LogP contribution >= 0.6 is 11.3 Å². The maximum atomic E-state index is 12.5. The van der Waals surface area contributed by atoms with Gasteiger partial charge in [-0.3, -0.25) is 9.69 Å². The second-order valence-electron chi connectivity index (χ2n) is 6.48. The number of likely N-dealkylation sites (tertiary alicyclic amines) is 1. The molecule has 6 heteroatoms. The van der Waals surface area contributed by atoms with Crippen LogP contribution in [0.5, 0.6) is 0 Å². The van der Waals surface area contributed by atoms with Gasteiger partial charge in [-0.05, 0) is 38.6 Å². The van der Waals surface area contributed by atoms with Crippen LogP contribution in [-0.2, 0) is 22.5 Å². The molecular formula is C17H27N3O2S. The van der Waals surface area contributed by atoms with Crippen LogP contribution < -0.4 is 5.32 Å². The Morgan fingerprint density at radius 2 is 2.26 bits per heavy atom. The van der Waals surface area contributed by atoms with E-state index in [4.69, 9.17) is 4.74 Å². The van der Waals surface area contributed by atoms with E-state index >= 15 is 0 Å². The van der Waals surface area contributed by atoms with Gasteiger partial charge in [-0.1, -0.05) is 6.92 Å². The number of rotatable bonds is 5. The number of aromatic nitrogens is 1. The Labute approximate surface area is 142 Å². The molecule has 0 bridgehead atoms. The number of nitrogens with zero attached hydrogens (tertiary/aromatic N) is 2. The van der Waals surface area contributed by atoms with Crippen LogP contribution in [0.2, 0.25) is 0 Å². The minimum absolute atomic E-state index is 0.122. The second kappa shape index (κ2) is 8.22. The number of amides is 1. The van der Waals surface area contributed by atoms with Gasteiger partial charge in [0.05, 0.1) is 18.2 Å². The number of carbonyl (C=O) groups excluding carboxylic acids is 1. The molecule has 1 amide bonds. The lowest BCUT2D eigenvalue weighted by molar-refractivity contribution is -0.127. The Morgan fingerprint density at radius 3 is 3.00 bits per heavy atom. The molecule has 2 saturated heterocycles. The zero-order valence-electron chi connectivity index (χ0n) is 13.9. The summed E-state index contributed by atoms with van der Waals surface area (Å²) in [7, 11) is 0. The fraction of sp³-hybridized carbons (Fsp3) is 0.765. The van der Waals surface area contributed by atoms with Crippen molar-refractivity contribution >= 4 is 17.2 Å². The van der Waals surface area contributed by atoms with E-state index < -0.39 is 0 Å². The summed E-state index contributed by atoms with van der Waals surface area (Å²) in [4.78, 5) is 19.5. The summed E-state index contributed by atoms with van der Waals surface area (Å²) in [5, 5.41) is 6.17. The zero-order valence-corrected chi connectivity index (χ0v) is 14.7. The van der Waals surface area contributed by atoms with E-state index in [-0.39, 0.29) is 11.8 Å². The van der Waals surface area contributed by atoms with Crippen LogP contribution in [-0.4, -0.2) is 48.1 Å². The van der Waals surface area contributed by atoms with Crippen LogP contribution in [0.3, 0.4) is 0 Å². The van der Waals surface area contributed by atoms with E-state index in [9.17, 15) is 4.79 Å². The van der Waals surface area contributed by atoms with Gasteiger partial charge >= 0.3 is 0 Å². The van der Waals surface area contributed by atoms with E-state index in [2.05, 4.69) is 27.5 Å². The highest BCUT2D eigenvalue weighted by atomic mass is 32.1. The molecule has 128 valence electrons. The molecule has 5 nitrogen and oxygen atoms in total. The second-order valence-corrected chi connectivity index (χ2v) is 7.42. The Hall–Kier alpha value is -0.980. The number of piperidine rings is 1. The summed E-state index contributed by atoms with van der Waals surface area (Å²) in [6.07, 6.45) is 5.28. The topological polar surface area (TPSA) is 54.5 Å². The molecule has 3 rings (SSSR count). The van der Waals surface area contributed by atoms with Crippen molar-refractivity contribution in [3.8, 4) is 0 Å². The quantitative estimate of drug-likeness (QED) is 0.895. The van der Waals surface area contributed by atoms with Gasteiger partial charge in [0.1, 0.15) is 5.01 Å². The van der Waals surface area contributed by atoms with Crippen LogP contribution in [0.25, 0.3) is 0 Å². The number of aryl methyl sites for hydroxylation is 1. The molecular weight excluding hydrogens is 310 g/mol. The lowest BCUT2D eigenvalue weighted by Crippen LogP contribution is -2.48. The highest BCUT2D eigenvalue weighted by molar-refractivity contribution is 7.09. The number of thiazole rings is 1. The van der Waals surface area contributed by atoms with E-state index in [1.165, 1.54) is 0 Å². The van der Waals surface area contributed by atoms with Crippen molar-refractivity contribution < 1.29 is 9.53 Å². The summed E-state index contributed by atoms with van der Waals surface area (Å²) in [5.74, 6) is 0.312. The highest BCUT2D eigenvalue weighted by Gasteiger charge is 2.30. The Morgan fingerprint density at radius 1 is 1.43 bits per heavy atom. The smallest absolute Gasteiger partial charge is 0.224 e. The van der Waals surface area contributed by atoms with E-state index in [0.29, 0.717) is 12.6 Å². The van der Waals surface area contributed by atoms with Gasteiger partial charge in [0.25, 0.3) is 0 Å². The molecule has 2 fully saturated rings. The first-order valence-corrected chi connectivity index (χ1v) is 9.67. The van der Waals surface area contributed by atoms with Gasteiger partial charge in [0, 0.05) is 31.2 Å². The summed E-state index contributed by atoms with van der Waals surface area (Å²) in [6.45, 7) is 6.42. The fourth-order valence-electron chi connectivity index (χ4n) is 3.50. The monoisotopic (exact) mass is 337 g/mol. The predicted octanol–water partition coefficient (Wildman–Crippen LogP) is 2.21. The molecule has 1 N–H and O–H groups in total. The predicted molar refractivity (Wildman–Crippen MR) is 91.5 cm³/mol. The number of nitrogens with one attached hydrogen (secondary N) is 1. The molecule has 0 aromatic carbocycles. The van der Waals surface area contributed by atoms with E-state index in [1.54, 1.807) is 11.3 Å².